The highest BCUT2D eigenvalue weighted by Gasteiger charge is 2.19. The molecule has 0 aliphatic rings. The van der Waals surface area contributed by atoms with Crippen molar-refractivity contribution in [2.24, 2.45) is 0 Å². The van der Waals surface area contributed by atoms with Gasteiger partial charge in [-0.1, -0.05) is 0 Å². The maximum Gasteiger partial charge on any atom is 0.272 e. The molecule has 0 bridgehead atoms. The lowest BCUT2D eigenvalue weighted by atomic mass is 9.98. The molecule has 0 spiro atoms. The van der Waals surface area contributed by atoms with Gasteiger partial charge >= 0.3 is 0 Å². The summed E-state index contributed by atoms with van der Waals surface area (Å²) < 4.78 is 10.4. The van der Waals surface area contributed by atoms with Gasteiger partial charge in [0.15, 0.2) is 0 Å². The van der Waals surface area contributed by atoms with E-state index in [9.17, 15) is 15.2 Å². The van der Waals surface area contributed by atoms with Gasteiger partial charge in [0.2, 0.25) is 0 Å². The molecule has 2 aromatic rings. The van der Waals surface area contributed by atoms with Crippen LogP contribution in [0.25, 0.3) is 0 Å². The minimum atomic E-state index is -0.944. The molecule has 0 unspecified atom stereocenters. The summed E-state index contributed by atoms with van der Waals surface area (Å²) >= 11 is 0. The molecule has 1 atom stereocenters. The van der Waals surface area contributed by atoms with Crippen molar-refractivity contribution in [2.45, 2.75) is 13.0 Å². The number of aryl methyl sites for hydroxylation is 1. The minimum Gasteiger partial charge on any atom is -0.497 e. The Hall–Kier alpha value is -2.60. The molecule has 0 amide bonds. The van der Waals surface area contributed by atoms with Crippen molar-refractivity contribution in [3.63, 3.8) is 0 Å². The number of methoxy groups -OCH3 is 2. The van der Waals surface area contributed by atoms with Crippen LogP contribution >= 0.6 is 0 Å². The van der Waals surface area contributed by atoms with E-state index < -0.39 is 11.0 Å². The fourth-order valence-corrected chi connectivity index (χ4v) is 2.28. The van der Waals surface area contributed by atoms with Crippen LogP contribution in [0.15, 0.2) is 36.4 Å². The SMILES string of the molecule is COc1ccc([C@@H](O)c2ccc([N+](=O)[O-])c(C)c2)c(OC)c1. The number of hydrogen-bond donors (Lipinski definition) is 1. The first-order valence-corrected chi connectivity index (χ1v) is 6.63. The van der Waals surface area contributed by atoms with E-state index in [-0.39, 0.29) is 5.69 Å². The normalized spacial score (nSPS) is 11.8. The van der Waals surface area contributed by atoms with Gasteiger partial charge in [-0.3, -0.25) is 10.1 Å². The van der Waals surface area contributed by atoms with Crippen molar-refractivity contribution >= 4 is 5.69 Å². The van der Waals surface area contributed by atoms with Gasteiger partial charge in [-0.15, -0.1) is 0 Å². The van der Waals surface area contributed by atoms with Gasteiger partial charge in [-0.2, -0.15) is 0 Å². The molecule has 0 radical (unpaired) electrons. The second kappa shape index (κ2) is 6.44. The molecule has 0 saturated heterocycles. The van der Waals surface area contributed by atoms with Crippen LogP contribution in [0.3, 0.4) is 0 Å². The lowest BCUT2D eigenvalue weighted by Gasteiger charge is -2.16. The van der Waals surface area contributed by atoms with E-state index >= 15 is 0 Å². The van der Waals surface area contributed by atoms with E-state index in [2.05, 4.69) is 0 Å². The van der Waals surface area contributed by atoms with E-state index in [1.165, 1.54) is 13.2 Å². The highest BCUT2D eigenvalue weighted by atomic mass is 16.6. The molecule has 6 heteroatoms. The first-order valence-electron chi connectivity index (χ1n) is 6.63. The maximum absolute atomic E-state index is 10.9. The lowest BCUT2D eigenvalue weighted by molar-refractivity contribution is -0.385. The average molecular weight is 303 g/mol. The van der Waals surface area contributed by atoms with Gasteiger partial charge in [0.1, 0.15) is 17.6 Å². The third kappa shape index (κ3) is 3.01. The van der Waals surface area contributed by atoms with Crippen molar-refractivity contribution in [3.05, 3.63) is 63.2 Å². The van der Waals surface area contributed by atoms with E-state index in [0.29, 0.717) is 28.2 Å². The van der Waals surface area contributed by atoms with Crippen LogP contribution in [0.5, 0.6) is 11.5 Å². The van der Waals surface area contributed by atoms with E-state index in [0.717, 1.165) is 0 Å². The first kappa shape index (κ1) is 15.8. The Morgan fingerprint density at radius 3 is 2.41 bits per heavy atom. The molecular formula is C16H17NO5. The Labute approximate surface area is 128 Å². The standard InChI is InChI=1S/C16H17NO5/c1-10-8-11(4-7-14(10)17(19)20)16(18)13-6-5-12(21-2)9-15(13)22-3/h4-9,16,18H,1-3H3/t16-/m0/s1. The fourth-order valence-electron chi connectivity index (χ4n) is 2.28. The lowest BCUT2D eigenvalue weighted by Crippen LogP contribution is -2.04. The molecule has 0 aliphatic heterocycles. The van der Waals surface area contributed by atoms with Crippen LogP contribution in [-0.2, 0) is 0 Å². The van der Waals surface area contributed by atoms with Crippen LogP contribution in [0.4, 0.5) is 5.69 Å². The van der Waals surface area contributed by atoms with Crippen LogP contribution < -0.4 is 9.47 Å². The Bertz CT molecular complexity index is 699. The molecule has 2 aromatic carbocycles. The molecule has 2 rings (SSSR count). The Morgan fingerprint density at radius 1 is 1.14 bits per heavy atom. The van der Waals surface area contributed by atoms with Gasteiger partial charge in [0, 0.05) is 23.3 Å². The molecule has 0 heterocycles. The molecule has 22 heavy (non-hydrogen) atoms. The number of benzene rings is 2. The van der Waals surface area contributed by atoms with Crippen molar-refractivity contribution in [1.29, 1.82) is 0 Å². The monoisotopic (exact) mass is 303 g/mol. The predicted octanol–water partition coefficient (Wildman–Crippen LogP) is 3.00. The molecular weight excluding hydrogens is 286 g/mol. The molecule has 0 saturated carbocycles. The van der Waals surface area contributed by atoms with Gasteiger partial charge in [0.05, 0.1) is 19.1 Å². The first-order chi connectivity index (χ1) is 10.5. The Kier molecular flexibility index (Phi) is 4.62. The summed E-state index contributed by atoms with van der Waals surface area (Å²) in [5, 5.41) is 21.4. The fraction of sp³-hybridized carbons (Fsp3) is 0.250. The predicted molar refractivity (Wildman–Crippen MR) is 81.4 cm³/mol. The topological polar surface area (TPSA) is 81.8 Å². The number of aliphatic hydroxyl groups excluding tert-OH is 1. The number of nitrogens with zero attached hydrogens (tertiary/aromatic N) is 1. The van der Waals surface area contributed by atoms with Crippen molar-refractivity contribution in [1.82, 2.24) is 0 Å². The zero-order valence-corrected chi connectivity index (χ0v) is 12.6. The molecule has 1 N–H and O–H groups in total. The van der Waals surface area contributed by atoms with Gasteiger partial charge in [-0.25, -0.2) is 0 Å². The third-order valence-electron chi connectivity index (χ3n) is 3.47. The van der Waals surface area contributed by atoms with Crippen molar-refractivity contribution in [3.8, 4) is 11.5 Å². The zero-order valence-electron chi connectivity index (χ0n) is 12.6. The summed E-state index contributed by atoms with van der Waals surface area (Å²) in [5.41, 5.74) is 1.65. The van der Waals surface area contributed by atoms with Crippen LogP contribution in [0, 0.1) is 17.0 Å². The van der Waals surface area contributed by atoms with Crippen LogP contribution in [0.2, 0.25) is 0 Å². The van der Waals surface area contributed by atoms with E-state index in [1.54, 1.807) is 44.4 Å². The van der Waals surface area contributed by atoms with Gasteiger partial charge in [0.25, 0.3) is 5.69 Å². The number of nitro groups is 1. The second-order valence-corrected chi connectivity index (χ2v) is 4.81. The summed E-state index contributed by atoms with van der Waals surface area (Å²) in [7, 11) is 3.05. The summed E-state index contributed by atoms with van der Waals surface area (Å²) in [6.07, 6.45) is -0.944. The summed E-state index contributed by atoms with van der Waals surface area (Å²) in [6, 6.07) is 9.64. The largest absolute Gasteiger partial charge is 0.497 e. The highest BCUT2D eigenvalue weighted by Crippen LogP contribution is 2.34. The van der Waals surface area contributed by atoms with Crippen LogP contribution in [-0.4, -0.2) is 24.2 Å². The van der Waals surface area contributed by atoms with Crippen LogP contribution in [0.1, 0.15) is 22.8 Å². The maximum atomic E-state index is 10.9. The number of hydrogen-bond acceptors (Lipinski definition) is 5. The molecule has 116 valence electrons. The summed E-state index contributed by atoms with van der Waals surface area (Å²) in [5.74, 6) is 1.11. The molecule has 0 aromatic heterocycles. The molecule has 6 nitrogen and oxygen atoms in total. The molecule has 0 aliphatic carbocycles. The number of rotatable bonds is 5. The van der Waals surface area contributed by atoms with E-state index in [1.807, 2.05) is 0 Å². The van der Waals surface area contributed by atoms with Crippen molar-refractivity contribution < 1.29 is 19.5 Å². The Morgan fingerprint density at radius 2 is 1.86 bits per heavy atom. The van der Waals surface area contributed by atoms with Gasteiger partial charge in [-0.05, 0) is 36.8 Å². The number of aliphatic hydroxyl groups is 1. The smallest absolute Gasteiger partial charge is 0.272 e. The molecule has 0 fully saturated rings. The average Bonchev–Trinajstić information content (AvgIpc) is 2.53. The minimum absolute atomic E-state index is 0.0256. The van der Waals surface area contributed by atoms with Crippen molar-refractivity contribution in [2.75, 3.05) is 14.2 Å². The third-order valence-corrected chi connectivity index (χ3v) is 3.47. The van der Waals surface area contributed by atoms with Gasteiger partial charge < -0.3 is 14.6 Å². The summed E-state index contributed by atoms with van der Waals surface area (Å²) in [4.78, 5) is 10.4. The Balaban J connectivity index is 2.41. The summed E-state index contributed by atoms with van der Waals surface area (Å²) in [6.45, 7) is 1.64. The number of ether oxygens (including phenoxy) is 2. The quantitative estimate of drug-likeness (QED) is 0.678. The second-order valence-electron chi connectivity index (χ2n) is 4.81. The highest BCUT2D eigenvalue weighted by molar-refractivity contribution is 5.48. The number of nitro benzene ring substituents is 1. The zero-order chi connectivity index (χ0) is 16.3. The van der Waals surface area contributed by atoms with E-state index in [4.69, 9.17) is 9.47 Å².